The van der Waals surface area contributed by atoms with Crippen LogP contribution in [0, 0.1) is 0 Å². The van der Waals surface area contributed by atoms with Crippen LogP contribution in [0.25, 0.3) is 0 Å². The lowest BCUT2D eigenvalue weighted by Gasteiger charge is -2.30. The predicted octanol–water partition coefficient (Wildman–Crippen LogP) is -0.827. The predicted molar refractivity (Wildman–Crippen MR) is 59.5 cm³/mol. The zero-order valence-corrected chi connectivity index (χ0v) is 10.4. The van der Waals surface area contributed by atoms with Gasteiger partial charge in [-0.15, -0.1) is 0 Å². The summed E-state index contributed by atoms with van der Waals surface area (Å²) in [5, 5.41) is 0. The van der Waals surface area contributed by atoms with Crippen molar-refractivity contribution in [1.82, 2.24) is 9.62 Å². The van der Waals surface area contributed by atoms with Crippen LogP contribution in [0.5, 0.6) is 0 Å². The maximum Gasteiger partial charge on any atom is 0.240 e. The third-order valence-corrected chi connectivity index (χ3v) is 3.10. The van der Waals surface area contributed by atoms with E-state index in [1.807, 2.05) is 0 Å². The molecule has 0 saturated carbocycles. The van der Waals surface area contributed by atoms with Gasteiger partial charge in [-0.1, -0.05) is 6.92 Å². The van der Waals surface area contributed by atoms with Crippen LogP contribution in [0.3, 0.4) is 0 Å². The molecule has 1 saturated heterocycles. The van der Waals surface area contributed by atoms with Crippen LogP contribution >= 0.6 is 0 Å². The molecule has 1 aliphatic heterocycles. The van der Waals surface area contributed by atoms with Crippen LogP contribution < -0.4 is 4.72 Å². The molecular formula is C9H18N2O4S. The maximum atomic E-state index is 12.0. The Bertz CT molecular complexity index is 335. The molecule has 0 bridgehead atoms. The zero-order chi connectivity index (χ0) is 12.2. The highest BCUT2D eigenvalue weighted by Gasteiger charge is 2.26. The number of rotatable bonds is 4. The molecule has 7 heteroatoms. The number of hydrogen-bond acceptors (Lipinski definition) is 4. The highest BCUT2D eigenvalue weighted by atomic mass is 32.2. The van der Waals surface area contributed by atoms with E-state index in [-0.39, 0.29) is 5.91 Å². The minimum absolute atomic E-state index is 0.170. The molecule has 16 heavy (non-hydrogen) atoms. The maximum absolute atomic E-state index is 12.0. The second kappa shape index (κ2) is 5.60. The summed E-state index contributed by atoms with van der Waals surface area (Å²) in [6.07, 6.45) is 1.51. The molecule has 1 atom stereocenters. The minimum Gasteiger partial charge on any atom is -0.378 e. The molecule has 6 nitrogen and oxygen atoms in total. The first-order chi connectivity index (χ1) is 7.44. The average Bonchev–Trinajstić information content (AvgIpc) is 2.25. The summed E-state index contributed by atoms with van der Waals surface area (Å²) in [7, 11) is -3.35. The van der Waals surface area contributed by atoms with Crippen LogP contribution in [0.1, 0.15) is 13.3 Å². The van der Waals surface area contributed by atoms with Crippen molar-refractivity contribution < 1.29 is 17.9 Å². The normalized spacial score (nSPS) is 19.5. The van der Waals surface area contributed by atoms with Gasteiger partial charge in [0, 0.05) is 13.1 Å². The Hall–Kier alpha value is -0.660. The lowest BCUT2D eigenvalue weighted by molar-refractivity contribution is -0.137. The van der Waals surface area contributed by atoms with Crippen molar-refractivity contribution >= 4 is 15.9 Å². The Morgan fingerprint density at radius 1 is 1.44 bits per heavy atom. The number of nitrogens with one attached hydrogen (secondary N) is 1. The van der Waals surface area contributed by atoms with E-state index in [2.05, 4.69) is 4.72 Å². The third-order valence-electron chi connectivity index (χ3n) is 2.39. The number of carbonyl (C=O) groups excluding carboxylic acids is 1. The molecule has 1 rings (SSSR count). The number of morpholine rings is 1. The fraction of sp³-hybridized carbons (Fsp3) is 0.889. The number of ether oxygens (including phenoxy) is 1. The van der Waals surface area contributed by atoms with E-state index in [0.717, 1.165) is 6.26 Å². The molecule has 1 aliphatic rings. The molecule has 0 aliphatic carbocycles. The van der Waals surface area contributed by atoms with Gasteiger partial charge in [0.15, 0.2) is 0 Å². The Balaban J connectivity index is 2.61. The summed E-state index contributed by atoms with van der Waals surface area (Å²) in [6, 6.07) is -0.659. The van der Waals surface area contributed by atoms with E-state index >= 15 is 0 Å². The Morgan fingerprint density at radius 3 is 2.44 bits per heavy atom. The Kier molecular flexibility index (Phi) is 4.69. The molecule has 0 radical (unpaired) electrons. The third kappa shape index (κ3) is 4.07. The molecule has 1 N–H and O–H groups in total. The van der Waals surface area contributed by atoms with E-state index in [9.17, 15) is 13.2 Å². The number of nitrogens with zero attached hydrogens (tertiary/aromatic N) is 1. The van der Waals surface area contributed by atoms with Crippen LogP contribution in [0.4, 0.5) is 0 Å². The van der Waals surface area contributed by atoms with Crippen molar-refractivity contribution in [1.29, 1.82) is 0 Å². The summed E-state index contributed by atoms with van der Waals surface area (Å²) in [4.78, 5) is 13.6. The van der Waals surface area contributed by atoms with E-state index in [4.69, 9.17) is 4.74 Å². The molecule has 1 fully saturated rings. The van der Waals surface area contributed by atoms with Crippen molar-refractivity contribution in [3.05, 3.63) is 0 Å². The minimum atomic E-state index is -3.35. The van der Waals surface area contributed by atoms with Gasteiger partial charge in [-0.05, 0) is 6.42 Å². The summed E-state index contributed by atoms with van der Waals surface area (Å²) in [6.45, 7) is 3.87. The monoisotopic (exact) mass is 250 g/mol. The van der Waals surface area contributed by atoms with E-state index in [0.29, 0.717) is 32.7 Å². The number of amides is 1. The van der Waals surface area contributed by atoms with E-state index in [1.165, 1.54) is 0 Å². The van der Waals surface area contributed by atoms with Crippen LogP contribution in [-0.4, -0.2) is 57.8 Å². The first-order valence-corrected chi connectivity index (χ1v) is 7.17. The van der Waals surface area contributed by atoms with Crippen LogP contribution in [-0.2, 0) is 19.6 Å². The quantitative estimate of drug-likeness (QED) is 0.707. The molecule has 0 unspecified atom stereocenters. The summed E-state index contributed by atoms with van der Waals surface area (Å²) < 4.78 is 29.6. The SMILES string of the molecule is CC[C@H](NS(C)(=O)=O)C(=O)N1CCOCC1. The lowest BCUT2D eigenvalue weighted by Crippen LogP contribution is -2.51. The molecule has 1 amide bonds. The van der Waals surface area contributed by atoms with Gasteiger partial charge in [-0.2, -0.15) is 0 Å². The van der Waals surface area contributed by atoms with Gasteiger partial charge >= 0.3 is 0 Å². The topological polar surface area (TPSA) is 75.7 Å². The molecule has 94 valence electrons. The molecule has 0 aromatic heterocycles. The summed E-state index contributed by atoms with van der Waals surface area (Å²) >= 11 is 0. The van der Waals surface area contributed by atoms with Crippen molar-refractivity contribution in [2.24, 2.45) is 0 Å². The van der Waals surface area contributed by atoms with Gasteiger partial charge in [0.05, 0.1) is 19.5 Å². The highest BCUT2D eigenvalue weighted by molar-refractivity contribution is 7.88. The first-order valence-electron chi connectivity index (χ1n) is 5.28. The molecule has 0 aromatic carbocycles. The van der Waals surface area contributed by atoms with E-state index in [1.54, 1.807) is 11.8 Å². The van der Waals surface area contributed by atoms with Crippen molar-refractivity contribution in [2.75, 3.05) is 32.6 Å². The van der Waals surface area contributed by atoms with Gasteiger partial charge < -0.3 is 9.64 Å². The molecule has 0 spiro atoms. The molecular weight excluding hydrogens is 232 g/mol. The fourth-order valence-corrected chi connectivity index (χ4v) is 2.36. The smallest absolute Gasteiger partial charge is 0.240 e. The largest absolute Gasteiger partial charge is 0.378 e. The zero-order valence-electron chi connectivity index (χ0n) is 9.60. The van der Waals surface area contributed by atoms with Crippen molar-refractivity contribution in [3.8, 4) is 0 Å². The van der Waals surface area contributed by atoms with Gasteiger partial charge in [-0.3, -0.25) is 4.79 Å². The Labute approximate surface area is 96.0 Å². The van der Waals surface area contributed by atoms with Gasteiger partial charge in [-0.25, -0.2) is 13.1 Å². The average molecular weight is 250 g/mol. The fourth-order valence-electron chi connectivity index (χ4n) is 1.57. The lowest BCUT2D eigenvalue weighted by atomic mass is 10.2. The standard InChI is InChI=1S/C9H18N2O4S/c1-3-8(10-16(2,13)14)9(12)11-4-6-15-7-5-11/h8,10H,3-7H2,1-2H3/t8-/m0/s1. The van der Waals surface area contributed by atoms with Gasteiger partial charge in [0.25, 0.3) is 0 Å². The van der Waals surface area contributed by atoms with E-state index < -0.39 is 16.1 Å². The number of hydrogen-bond donors (Lipinski definition) is 1. The Morgan fingerprint density at radius 2 is 2.00 bits per heavy atom. The number of sulfonamides is 1. The van der Waals surface area contributed by atoms with Crippen LogP contribution in [0.2, 0.25) is 0 Å². The van der Waals surface area contributed by atoms with Gasteiger partial charge in [0.1, 0.15) is 6.04 Å². The molecule has 0 aromatic rings. The van der Waals surface area contributed by atoms with Gasteiger partial charge in [0.2, 0.25) is 15.9 Å². The summed E-state index contributed by atoms with van der Waals surface area (Å²) in [5.41, 5.74) is 0. The molecule has 1 heterocycles. The summed E-state index contributed by atoms with van der Waals surface area (Å²) in [5.74, 6) is -0.170. The second-order valence-electron chi connectivity index (χ2n) is 3.79. The first kappa shape index (κ1) is 13.4. The van der Waals surface area contributed by atoms with Crippen LogP contribution in [0.15, 0.2) is 0 Å². The van der Waals surface area contributed by atoms with Crippen molar-refractivity contribution in [3.63, 3.8) is 0 Å². The number of carbonyl (C=O) groups is 1. The second-order valence-corrected chi connectivity index (χ2v) is 5.57. The van der Waals surface area contributed by atoms with Crippen molar-refractivity contribution in [2.45, 2.75) is 19.4 Å². The highest BCUT2D eigenvalue weighted by Crippen LogP contribution is 2.04.